The van der Waals surface area contributed by atoms with E-state index < -0.39 is 42.2 Å². The van der Waals surface area contributed by atoms with Crippen LogP contribution in [0.15, 0.2) is 0 Å². The summed E-state index contributed by atoms with van der Waals surface area (Å²) in [6.07, 6.45) is -0.912. The molecule has 8 heteroatoms. The fourth-order valence-electron chi connectivity index (χ4n) is 1.51. The summed E-state index contributed by atoms with van der Waals surface area (Å²) >= 11 is 0. The molecule has 0 aromatic heterocycles. The van der Waals surface area contributed by atoms with Crippen LogP contribution in [0.25, 0.3) is 0 Å². The largest absolute Gasteiger partial charge is 0.468 e. The number of hydrogen-bond donors (Lipinski definition) is 2. The molecule has 0 unspecified atom stereocenters. The smallest absolute Gasteiger partial charge is 0.407 e. The molecule has 0 aromatic rings. The Kier molecular flexibility index (Phi) is 7.72. The van der Waals surface area contributed by atoms with Gasteiger partial charge in [0.2, 0.25) is 0 Å². The molecule has 0 saturated heterocycles. The molecule has 0 spiro atoms. The van der Waals surface area contributed by atoms with E-state index in [0.29, 0.717) is 0 Å². The van der Waals surface area contributed by atoms with Crippen molar-refractivity contribution in [2.75, 3.05) is 20.8 Å². The Bertz CT molecular complexity index is 359. The van der Waals surface area contributed by atoms with Crippen LogP contribution in [-0.4, -0.2) is 55.6 Å². The van der Waals surface area contributed by atoms with Crippen molar-refractivity contribution < 1.29 is 33.7 Å². The standard InChI is InChI=1S/C13H23NO7/c1-13(2,3)21-12(18)14-8(7-15)6-9(10(16)19-4)11(17)20-5/h8-9,15H,6-7H2,1-5H3,(H,14,18)/t8-/m0/s1. The Morgan fingerprint density at radius 3 is 1.90 bits per heavy atom. The van der Waals surface area contributed by atoms with Crippen molar-refractivity contribution in [2.45, 2.75) is 38.8 Å². The molecule has 8 nitrogen and oxygen atoms in total. The predicted octanol–water partition coefficient (Wildman–Crippen LogP) is 0.224. The first kappa shape index (κ1) is 19.2. The average Bonchev–Trinajstić information content (AvgIpc) is 2.39. The van der Waals surface area contributed by atoms with Gasteiger partial charge in [-0.3, -0.25) is 9.59 Å². The first-order valence-corrected chi connectivity index (χ1v) is 6.40. The summed E-state index contributed by atoms with van der Waals surface area (Å²) < 4.78 is 14.0. The van der Waals surface area contributed by atoms with E-state index in [1.165, 1.54) is 0 Å². The average molecular weight is 305 g/mol. The third-order valence-corrected chi connectivity index (χ3v) is 2.43. The quantitative estimate of drug-likeness (QED) is 0.410. The third-order valence-electron chi connectivity index (χ3n) is 2.43. The number of carbonyl (C=O) groups excluding carboxylic acids is 3. The van der Waals surface area contributed by atoms with Crippen LogP contribution in [0.4, 0.5) is 4.79 Å². The monoisotopic (exact) mass is 305 g/mol. The Morgan fingerprint density at radius 2 is 1.57 bits per heavy atom. The molecule has 0 radical (unpaired) electrons. The van der Waals surface area contributed by atoms with Gasteiger partial charge in [-0.25, -0.2) is 4.79 Å². The first-order valence-electron chi connectivity index (χ1n) is 6.40. The lowest BCUT2D eigenvalue weighted by atomic mass is 10.0. The molecule has 0 bridgehead atoms. The molecule has 0 saturated carbocycles. The molecule has 2 N–H and O–H groups in total. The molecule has 0 aromatic carbocycles. The van der Waals surface area contributed by atoms with Crippen LogP contribution in [0.5, 0.6) is 0 Å². The minimum absolute atomic E-state index is 0.158. The maximum atomic E-state index is 11.6. The van der Waals surface area contributed by atoms with Crippen LogP contribution in [0.2, 0.25) is 0 Å². The van der Waals surface area contributed by atoms with Gasteiger partial charge < -0.3 is 24.6 Å². The Balaban J connectivity index is 4.75. The molecular formula is C13H23NO7. The molecule has 21 heavy (non-hydrogen) atoms. The Labute approximate surface area is 123 Å². The van der Waals surface area contributed by atoms with Crippen LogP contribution in [0.3, 0.4) is 0 Å². The molecule has 0 aliphatic rings. The number of nitrogens with one attached hydrogen (secondary N) is 1. The summed E-state index contributed by atoms with van der Waals surface area (Å²) in [5.41, 5.74) is -0.700. The van der Waals surface area contributed by atoms with E-state index in [1.54, 1.807) is 20.8 Å². The fourth-order valence-corrected chi connectivity index (χ4v) is 1.51. The lowest BCUT2D eigenvalue weighted by Crippen LogP contribution is -2.44. The van der Waals surface area contributed by atoms with Crippen LogP contribution in [0, 0.1) is 5.92 Å². The number of hydrogen-bond acceptors (Lipinski definition) is 7. The number of aliphatic hydroxyl groups excluding tert-OH is 1. The molecule has 0 heterocycles. The summed E-state index contributed by atoms with van der Waals surface area (Å²) in [5.74, 6) is -2.83. The molecule has 0 fully saturated rings. The topological polar surface area (TPSA) is 111 Å². The summed E-state index contributed by atoms with van der Waals surface area (Å²) in [5, 5.41) is 11.6. The van der Waals surface area contributed by atoms with E-state index >= 15 is 0 Å². The van der Waals surface area contributed by atoms with Crippen molar-refractivity contribution in [3.05, 3.63) is 0 Å². The van der Waals surface area contributed by atoms with Gasteiger partial charge in [-0.05, 0) is 27.2 Å². The maximum absolute atomic E-state index is 11.6. The van der Waals surface area contributed by atoms with E-state index in [4.69, 9.17) is 4.74 Å². The molecule has 1 amide bonds. The zero-order valence-electron chi connectivity index (χ0n) is 13.0. The van der Waals surface area contributed by atoms with Gasteiger partial charge in [-0.1, -0.05) is 0 Å². The Morgan fingerprint density at radius 1 is 1.10 bits per heavy atom. The molecular weight excluding hydrogens is 282 g/mol. The van der Waals surface area contributed by atoms with Crippen LogP contribution >= 0.6 is 0 Å². The molecule has 0 aliphatic carbocycles. The van der Waals surface area contributed by atoms with Crippen molar-refractivity contribution in [2.24, 2.45) is 5.92 Å². The van der Waals surface area contributed by atoms with Crippen LogP contribution in [0.1, 0.15) is 27.2 Å². The number of alkyl carbamates (subject to hydrolysis) is 1. The van der Waals surface area contributed by atoms with Gasteiger partial charge >= 0.3 is 18.0 Å². The SMILES string of the molecule is COC(=O)C(C[C@@H](CO)NC(=O)OC(C)(C)C)C(=O)OC. The van der Waals surface area contributed by atoms with Gasteiger partial charge in [-0.15, -0.1) is 0 Å². The van der Waals surface area contributed by atoms with E-state index in [9.17, 15) is 19.5 Å². The van der Waals surface area contributed by atoms with Crippen molar-refractivity contribution >= 4 is 18.0 Å². The molecule has 122 valence electrons. The molecule has 1 atom stereocenters. The maximum Gasteiger partial charge on any atom is 0.407 e. The van der Waals surface area contributed by atoms with E-state index in [1.807, 2.05) is 0 Å². The van der Waals surface area contributed by atoms with Crippen molar-refractivity contribution in [3.63, 3.8) is 0 Å². The Hall–Kier alpha value is -1.83. The lowest BCUT2D eigenvalue weighted by Gasteiger charge is -2.24. The summed E-state index contributed by atoms with van der Waals surface area (Å²) in [6, 6.07) is -0.844. The zero-order valence-corrected chi connectivity index (χ0v) is 13.0. The van der Waals surface area contributed by atoms with Crippen molar-refractivity contribution in [1.82, 2.24) is 5.32 Å². The minimum Gasteiger partial charge on any atom is -0.468 e. The van der Waals surface area contributed by atoms with Gasteiger partial charge in [-0.2, -0.15) is 0 Å². The number of ether oxygens (including phenoxy) is 3. The number of carbonyl (C=O) groups is 3. The van der Waals surface area contributed by atoms with Gasteiger partial charge in [0.05, 0.1) is 26.9 Å². The predicted molar refractivity (Wildman–Crippen MR) is 72.4 cm³/mol. The number of esters is 2. The number of aliphatic hydroxyl groups is 1. The van der Waals surface area contributed by atoms with Crippen molar-refractivity contribution in [3.8, 4) is 0 Å². The normalized spacial score (nSPS) is 12.5. The highest BCUT2D eigenvalue weighted by atomic mass is 16.6. The molecule has 0 rings (SSSR count). The van der Waals surface area contributed by atoms with E-state index in [2.05, 4.69) is 14.8 Å². The van der Waals surface area contributed by atoms with Gasteiger partial charge in [0.1, 0.15) is 5.60 Å². The highest BCUT2D eigenvalue weighted by Crippen LogP contribution is 2.12. The van der Waals surface area contributed by atoms with Crippen LogP contribution in [-0.2, 0) is 23.8 Å². The summed E-state index contributed by atoms with van der Waals surface area (Å²) in [4.78, 5) is 34.7. The number of methoxy groups -OCH3 is 2. The first-order chi connectivity index (χ1) is 9.64. The van der Waals surface area contributed by atoms with Gasteiger partial charge in [0, 0.05) is 0 Å². The highest BCUT2D eigenvalue weighted by molar-refractivity contribution is 5.94. The second-order valence-corrected chi connectivity index (χ2v) is 5.36. The summed E-state index contributed by atoms with van der Waals surface area (Å²) in [6.45, 7) is 4.59. The van der Waals surface area contributed by atoms with Gasteiger partial charge in [0.25, 0.3) is 0 Å². The fraction of sp³-hybridized carbons (Fsp3) is 0.769. The lowest BCUT2D eigenvalue weighted by molar-refractivity contribution is -0.159. The van der Waals surface area contributed by atoms with E-state index in [-0.39, 0.29) is 6.42 Å². The molecule has 0 aliphatic heterocycles. The number of amides is 1. The second-order valence-electron chi connectivity index (χ2n) is 5.36. The summed E-state index contributed by atoms with van der Waals surface area (Å²) in [7, 11) is 2.26. The van der Waals surface area contributed by atoms with Gasteiger partial charge in [0.15, 0.2) is 5.92 Å². The number of rotatable bonds is 6. The van der Waals surface area contributed by atoms with Crippen LogP contribution < -0.4 is 5.32 Å². The highest BCUT2D eigenvalue weighted by Gasteiger charge is 2.32. The second kappa shape index (κ2) is 8.46. The van der Waals surface area contributed by atoms with Crippen molar-refractivity contribution in [1.29, 1.82) is 0 Å². The van der Waals surface area contributed by atoms with E-state index in [0.717, 1.165) is 14.2 Å². The third kappa shape index (κ3) is 7.50. The zero-order chi connectivity index (χ0) is 16.6. The minimum atomic E-state index is -1.23.